The number of hydrogen-bond donors (Lipinski definition) is 2. The topological polar surface area (TPSA) is 65.2 Å². The number of H-pyrrole nitrogens is 1. The molecule has 2 N–H and O–H groups in total. The molecule has 1 aliphatic rings. The summed E-state index contributed by atoms with van der Waals surface area (Å²) in [6.45, 7) is 2.68. The molecule has 0 radical (unpaired) electrons. The largest absolute Gasteiger partial charge is 0.358 e. The summed E-state index contributed by atoms with van der Waals surface area (Å²) < 4.78 is 0. The molecule has 0 saturated carbocycles. The van der Waals surface area contributed by atoms with Crippen LogP contribution in [0.4, 0.5) is 11.4 Å². The van der Waals surface area contributed by atoms with Gasteiger partial charge in [-0.15, -0.1) is 0 Å². The lowest BCUT2D eigenvalue weighted by Crippen LogP contribution is -2.28. The Morgan fingerprint density at radius 1 is 0.968 bits per heavy atom. The van der Waals surface area contributed by atoms with Crippen molar-refractivity contribution in [3.63, 3.8) is 0 Å². The van der Waals surface area contributed by atoms with Gasteiger partial charge < -0.3 is 15.2 Å². The molecule has 0 saturated heterocycles. The first-order chi connectivity index (χ1) is 15.1. The lowest BCUT2D eigenvalue weighted by molar-refractivity contribution is -0.115. The first-order valence-corrected chi connectivity index (χ1v) is 10.5. The lowest BCUT2D eigenvalue weighted by atomic mass is 10.1. The van der Waals surface area contributed by atoms with Gasteiger partial charge in [0.15, 0.2) is 0 Å². The third-order valence-electron chi connectivity index (χ3n) is 5.91. The Labute approximate surface area is 180 Å². The number of para-hydroxylation sites is 2. The number of nitrogens with zero attached hydrogens (tertiary/aromatic N) is 1. The molecule has 0 aliphatic carbocycles. The van der Waals surface area contributed by atoms with Crippen molar-refractivity contribution in [1.29, 1.82) is 0 Å². The molecule has 2 amide bonds. The number of nitrogens with one attached hydrogen (secondary N) is 2. The molecule has 31 heavy (non-hydrogen) atoms. The highest BCUT2D eigenvalue weighted by atomic mass is 16.2. The predicted octanol–water partition coefficient (Wildman–Crippen LogP) is 4.86. The Kier molecular flexibility index (Phi) is 4.79. The van der Waals surface area contributed by atoms with Crippen LogP contribution in [0.2, 0.25) is 0 Å². The zero-order valence-corrected chi connectivity index (χ0v) is 17.3. The number of benzene rings is 3. The highest BCUT2D eigenvalue weighted by molar-refractivity contribution is 6.07. The molecule has 0 spiro atoms. The van der Waals surface area contributed by atoms with Gasteiger partial charge in [-0.2, -0.15) is 0 Å². The van der Waals surface area contributed by atoms with Crippen LogP contribution in [0.25, 0.3) is 10.9 Å². The number of amides is 2. The van der Waals surface area contributed by atoms with E-state index in [9.17, 15) is 9.59 Å². The highest BCUT2D eigenvalue weighted by Crippen LogP contribution is 2.29. The quantitative estimate of drug-likeness (QED) is 0.506. The first kappa shape index (κ1) is 19.1. The molecule has 5 rings (SSSR count). The van der Waals surface area contributed by atoms with E-state index in [1.807, 2.05) is 54.3 Å². The standard InChI is InChI=1S/C26H23N3O2/c1-17-22(21-7-3-4-8-23(21)27-17)16-25(30)28-20-12-10-19(11-13-20)26(31)29-15-14-18-6-2-5-9-24(18)29/h2-13,27H,14-16H2,1H3,(H,28,30). The van der Waals surface area contributed by atoms with Crippen LogP contribution in [0.5, 0.6) is 0 Å². The van der Waals surface area contributed by atoms with Crippen LogP contribution in [0.1, 0.15) is 27.2 Å². The van der Waals surface area contributed by atoms with Crippen molar-refractivity contribution in [1.82, 2.24) is 4.98 Å². The van der Waals surface area contributed by atoms with E-state index in [1.54, 1.807) is 24.3 Å². The number of aryl methyl sites for hydroxylation is 1. The summed E-state index contributed by atoms with van der Waals surface area (Å²) in [5.74, 6) is -0.0994. The summed E-state index contributed by atoms with van der Waals surface area (Å²) in [6, 6.07) is 23.1. The van der Waals surface area contributed by atoms with E-state index in [0.29, 0.717) is 24.2 Å². The Hall–Kier alpha value is -3.86. The Balaban J connectivity index is 1.28. The van der Waals surface area contributed by atoms with Gasteiger partial charge >= 0.3 is 0 Å². The number of aromatic amines is 1. The molecule has 0 atom stereocenters. The van der Waals surface area contributed by atoms with E-state index < -0.39 is 0 Å². The average Bonchev–Trinajstić information content (AvgIpc) is 3.35. The maximum Gasteiger partial charge on any atom is 0.258 e. The van der Waals surface area contributed by atoms with E-state index in [-0.39, 0.29) is 11.8 Å². The highest BCUT2D eigenvalue weighted by Gasteiger charge is 2.25. The zero-order valence-electron chi connectivity index (χ0n) is 17.3. The molecule has 0 bridgehead atoms. The van der Waals surface area contributed by atoms with Crippen molar-refractivity contribution in [2.24, 2.45) is 0 Å². The van der Waals surface area contributed by atoms with Gasteiger partial charge in [0.2, 0.25) is 5.91 Å². The molecule has 3 aromatic carbocycles. The Bertz CT molecular complexity index is 1290. The summed E-state index contributed by atoms with van der Waals surface area (Å²) in [7, 11) is 0. The zero-order chi connectivity index (χ0) is 21.4. The third kappa shape index (κ3) is 3.59. The first-order valence-electron chi connectivity index (χ1n) is 10.5. The smallest absolute Gasteiger partial charge is 0.258 e. The van der Waals surface area contributed by atoms with Crippen molar-refractivity contribution in [2.75, 3.05) is 16.8 Å². The predicted molar refractivity (Wildman–Crippen MR) is 124 cm³/mol. The van der Waals surface area contributed by atoms with Crippen LogP contribution in [-0.2, 0) is 17.6 Å². The number of carbonyl (C=O) groups excluding carboxylic acids is 2. The summed E-state index contributed by atoms with van der Waals surface area (Å²) in [6.07, 6.45) is 1.17. The molecular weight excluding hydrogens is 386 g/mol. The van der Waals surface area contributed by atoms with Crippen LogP contribution in [-0.4, -0.2) is 23.3 Å². The summed E-state index contributed by atoms with van der Waals surface area (Å²) in [5.41, 5.74) is 6.53. The number of anilines is 2. The second-order valence-corrected chi connectivity index (χ2v) is 7.91. The van der Waals surface area contributed by atoms with Gasteiger partial charge in [-0.1, -0.05) is 36.4 Å². The minimum Gasteiger partial charge on any atom is -0.358 e. The van der Waals surface area contributed by atoms with Gasteiger partial charge in [0.25, 0.3) is 5.91 Å². The Morgan fingerprint density at radius 2 is 1.71 bits per heavy atom. The molecule has 5 heteroatoms. The second-order valence-electron chi connectivity index (χ2n) is 7.91. The van der Waals surface area contributed by atoms with Gasteiger partial charge in [0, 0.05) is 40.1 Å². The molecule has 5 nitrogen and oxygen atoms in total. The van der Waals surface area contributed by atoms with Crippen LogP contribution in [0.15, 0.2) is 72.8 Å². The molecule has 4 aromatic rings. The maximum absolute atomic E-state index is 13.0. The van der Waals surface area contributed by atoms with E-state index in [1.165, 1.54) is 5.56 Å². The van der Waals surface area contributed by atoms with E-state index in [4.69, 9.17) is 0 Å². The average molecular weight is 409 g/mol. The molecule has 2 heterocycles. The third-order valence-corrected chi connectivity index (χ3v) is 5.91. The van der Waals surface area contributed by atoms with Crippen molar-refractivity contribution >= 4 is 34.1 Å². The number of fused-ring (bicyclic) bond motifs is 2. The van der Waals surface area contributed by atoms with Crippen molar-refractivity contribution < 1.29 is 9.59 Å². The number of carbonyl (C=O) groups is 2. The normalized spacial score (nSPS) is 12.7. The molecule has 154 valence electrons. The molecule has 1 aromatic heterocycles. The number of rotatable bonds is 4. The van der Waals surface area contributed by atoms with Gasteiger partial charge in [0.1, 0.15) is 0 Å². The van der Waals surface area contributed by atoms with Crippen molar-refractivity contribution in [3.05, 3.63) is 95.2 Å². The van der Waals surface area contributed by atoms with Crippen LogP contribution < -0.4 is 10.2 Å². The van der Waals surface area contributed by atoms with E-state index in [2.05, 4.69) is 16.4 Å². The minimum absolute atomic E-state index is 0.0164. The monoisotopic (exact) mass is 409 g/mol. The fourth-order valence-corrected chi connectivity index (χ4v) is 4.33. The molecule has 1 aliphatic heterocycles. The van der Waals surface area contributed by atoms with Crippen LogP contribution in [0.3, 0.4) is 0 Å². The van der Waals surface area contributed by atoms with Crippen LogP contribution >= 0.6 is 0 Å². The maximum atomic E-state index is 13.0. The number of hydrogen-bond acceptors (Lipinski definition) is 2. The summed E-state index contributed by atoms with van der Waals surface area (Å²) >= 11 is 0. The summed E-state index contributed by atoms with van der Waals surface area (Å²) in [5, 5.41) is 4.02. The summed E-state index contributed by atoms with van der Waals surface area (Å²) in [4.78, 5) is 30.7. The van der Waals surface area contributed by atoms with E-state index >= 15 is 0 Å². The fraction of sp³-hybridized carbons (Fsp3) is 0.154. The van der Waals surface area contributed by atoms with E-state index in [0.717, 1.165) is 34.3 Å². The SMILES string of the molecule is Cc1[nH]c2ccccc2c1CC(=O)Nc1ccc(C(=O)N2CCc3ccccc32)cc1. The minimum atomic E-state index is -0.0830. The van der Waals surface area contributed by atoms with Crippen molar-refractivity contribution in [2.45, 2.75) is 19.8 Å². The number of aromatic nitrogens is 1. The van der Waals surface area contributed by atoms with Gasteiger partial charge in [-0.25, -0.2) is 0 Å². The van der Waals surface area contributed by atoms with Gasteiger partial charge in [0.05, 0.1) is 6.42 Å². The second kappa shape index (κ2) is 7.76. The molecule has 0 unspecified atom stereocenters. The van der Waals surface area contributed by atoms with Crippen molar-refractivity contribution in [3.8, 4) is 0 Å². The Morgan fingerprint density at radius 3 is 2.55 bits per heavy atom. The fourth-order valence-electron chi connectivity index (χ4n) is 4.33. The lowest BCUT2D eigenvalue weighted by Gasteiger charge is -2.17. The van der Waals surface area contributed by atoms with Gasteiger partial charge in [-0.05, 0) is 60.9 Å². The van der Waals surface area contributed by atoms with Crippen LogP contribution in [0, 0.1) is 6.92 Å². The van der Waals surface area contributed by atoms with Gasteiger partial charge in [-0.3, -0.25) is 9.59 Å². The molecular formula is C26H23N3O2. The molecule has 0 fully saturated rings.